The number of anilines is 1. The van der Waals surface area contributed by atoms with Crippen LogP contribution in [-0.4, -0.2) is 57.6 Å². The predicted octanol–water partition coefficient (Wildman–Crippen LogP) is 3.10. The van der Waals surface area contributed by atoms with Crippen LogP contribution in [-0.2, 0) is 26.2 Å². The number of carbonyl (C=O) groups excluding carboxylic acids is 2. The monoisotopic (exact) mass is 489 g/mol. The number of nitrogens with zero attached hydrogens (tertiary/aromatic N) is 2. The molecule has 2 aromatic carbocycles. The minimum atomic E-state index is -3.78. The Morgan fingerprint density at radius 3 is 2.38 bits per heavy atom. The Bertz CT molecular complexity index is 1070. The first kappa shape index (κ1) is 27.2. The summed E-state index contributed by atoms with van der Waals surface area (Å²) in [7, 11) is -2.30. The molecule has 0 heterocycles. The third kappa shape index (κ3) is 7.76. The van der Waals surface area contributed by atoms with Crippen molar-refractivity contribution in [3.8, 4) is 5.75 Å². The van der Waals surface area contributed by atoms with Crippen molar-refractivity contribution in [2.45, 2.75) is 46.2 Å². The van der Waals surface area contributed by atoms with Crippen LogP contribution in [0.5, 0.6) is 5.75 Å². The Morgan fingerprint density at radius 1 is 1.12 bits per heavy atom. The van der Waals surface area contributed by atoms with Crippen LogP contribution >= 0.6 is 0 Å². The molecule has 2 amide bonds. The average molecular weight is 490 g/mol. The van der Waals surface area contributed by atoms with Crippen molar-refractivity contribution in [1.29, 1.82) is 0 Å². The second-order valence-corrected chi connectivity index (χ2v) is 10.2. The van der Waals surface area contributed by atoms with E-state index in [1.807, 2.05) is 38.1 Å². The summed E-state index contributed by atoms with van der Waals surface area (Å²) in [5.74, 6) is -0.285. The lowest BCUT2D eigenvalue weighted by Crippen LogP contribution is -2.51. The van der Waals surface area contributed by atoms with Crippen LogP contribution in [0, 0.1) is 6.92 Å². The van der Waals surface area contributed by atoms with Gasteiger partial charge in [-0.3, -0.25) is 13.9 Å². The van der Waals surface area contributed by atoms with E-state index in [4.69, 9.17) is 4.74 Å². The third-order valence-electron chi connectivity index (χ3n) is 5.49. The van der Waals surface area contributed by atoms with E-state index in [1.165, 1.54) is 12.0 Å². The average Bonchev–Trinajstić information content (AvgIpc) is 2.80. The highest BCUT2D eigenvalue weighted by atomic mass is 32.2. The fourth-order valence-corrected chi connectivity index (χ4v) is 4.23. The van der Waals surface area contributed by atoms with Crippen molar-refractivity contribution < 1.29 is 22.7 Å². The molecule has 0 bridgehead atoms. The van der Waals surface area contributed by atoms with Gasteiger partial charge in [-0.1, -0.05) is 49.2 Å². The third-order valence-corrected chi connectivity index (χ3v) is 6.63. The van der Waals surface area contributed by atoms with Crippen molar-refractivity contribution in [2.24, 2.45) is 0 Å². The molecule has 0 aliphatic carbocycles. The largest absolute Gasteiger partial charge is 0.497 e. The van der Waals surface area contributed by atoms with Gasteiger partial charge in [-0.2, -0.15) is 0 Å². The number of amides is 2. The van der Waals surface area contributed by atoms with Gasteiger partial charge in [0.2, 0.25) is 21.8 Å². The predicted molar refractivity (Wildman–Crippen MR) is 134 cm³/mol. The van der Waals surface area contributed by atoms with Gasteiger partial charge in [0, 0.05) is 19.2 Å². The number of carbonyl (C=O) groups is 2. The first-order valence-electron chi connectivity index (χ1n) is 11.3. The molecule has 8 nitrogen and oxygen atoms in total. The van der Waals surface area contributed by atoms with Gasteiger partial charge in [0.05, 0.1) is 19.1 Å². The molecule has 1 unspecified atom stereocenters. The molecule has 0 saturated heterocycles. The van der Waals surface area contributed by atoms with Crippen molar-refractivity contribution >= 4 is 27.5 Å². The molecule has 186 valence electrons. The van der Waals surface area contributed by atoms with Gasteiger partial charge < -0.3 is 15.0 Å². The maximum atomic E-state index is 13.5. The number of hydrogen-bond acceptors (Lipinski definition) is 5. The smallest absolute Gasteiger partial charge is 0.244 e. The standard InChI is InChI=1S/C25H35N3O5S/c1-6-7-15-26-25(30)20(3)27(17-21-13-11-19(2)12-14-21)24(29)18-28(34(5,31)32)22-9-8-10-23(16-22)33-4/h8-14,16,20H,6-7,15,17-18H2,1-5H3,(H,26,30). The van der Waals surface area contributed by atoms with Gasteiger partial charge in [0.25, 0.3) is 0 Å². The summed E-state index contributed by atoms with van der Waals surface area (Å²) in [6.07, 6.45) is 2.82. The van der Waals surface area contributed by atoms with Crippen molar-refractivity contribution in [3.63, 3.8) is 0 Å². The minimum absolute atomic E-state index is 0.178. The molecule has 1 atom stereocenters. The molecular formula is C25H35N3O5S. The molecule has 2 aromatic rings. The van der Waals surface area contributed by atoms with Crippen molar-refractivity contribution in [2.75, 3.05) is 30.8 Å². The molecule has 0 aromatic heterocycles. The summed E-state index contributed by atoms with van der Waals surface area (Å²) in [4.78, 5) is 27.7. The number of hydrogen-bond donors (Lipinski definition) is 1. The van der Waals surface area contributed by atoms with E-state index in [0.717, 1.165) is 34.5 Å². The van der Waals surface area contributed by atoms with Crippen LogP contribution in [0.25, 0.3) is 0 Å². The Morgan fingerprint density at radius 2 is 1.79 bits per heavy atom. The molecule has 0 aliphatic heterocycles. The summed E-state index contributed by atoms with van der Waals surface area (Å²) < 4.78 is 31.4. The Balaban J connectivity index is 2.35. The van der Waals surface area contributed by atoms with E-state index in [0.29, 0.717) is 18.0 Å². The molecule has 2 rings (SSSR count). The van der Waals surface area contributed by atoms with E-state index < -0.39 is 28.5 Å². The maximum absolute atomic E-state index is 13.5. The molecule has 9 heteroatoms. The van der Waals surface area contributed by atoms with Gasteiger partial charge in [0.15, 0.2) is 0 Å². The number of sulfonamides is 1. The van der Waals surface area contributed by atoms with Crippen molar-refractivity contribution in [1.82, 2.24) is 10.2 Å². The molecule has 0 spiro atoms. The Kier molecular flexibility index (Phi) is 9.92. The lowest BCUT2D eigenvalue weighted by molar-refractivity contribution is -0.139. The molecular weight excluding hydrogens is 454 g/mol. The molecule has 0 saturated carbocycles. The normalized spacial score (nSPS) is 12.0. The molecule has 1 N–H and O–H groups in total. The highest BCUT2D eigenvalue weighted by Crippen LogP contribution is 2.23. The number of rotatable bonds is 12. The zero-order valence-corrected chi connectivity index (χ0v) is 21.4. The summed E-state index contributed by atoms with van der Waals surface area (Å²) >= 11 is 0. The summed E-state index contributed by atoms with van der Waals surface area (Å²) in [6, 6.07) is 13.4. The minimum Gasteiger partial charge on any atom is -0.497 e. The van der Waals surface area contributed by atoms with Crippen LogP contribution in [0.4, 0.5) is 5.69 Å². The van der Waals surface area contributed by atoms with E-state index in [-0.39, 0.29) is 12.5 Å². The second kappa shape index (κ2) is 12.4. The second-order valence-electron chi connectivity index (χ2n) is 8.30. The van der Waals surface area contributed by atoms with Gasteiger partial charge in [-0.15, -0.1) is 0 Å². The number of ether oxygens (including phenoxy) is 1. The summed E-state index contributed by atoms with van der Waals surface area (Å²) in [5, 5.41) is 2.86. The first-order valence-corrected chi connectivity index (χ1v) is 13.2. The number of nitrogens with one attached hydrogen (secondary N) is 1. The molecule has 0 radical (unpaired) electrons. The van der Waals surface area contributed by atoms with Crippen LogP contribution in [0.2, 0.25) is 0 Å². The van der Waals surface area contributed by atoms with Crippen LogP contribution in [0.1, 0.15) is 37.8 Å². The number of methoxy groups -OCH3 is 1. The topological polar surface area (TPSA) is 96.0 Å². The molecule has 34 heavy (non-hydrogen) atoms. The summed E-state index contributed by atoms with van der Waals surface area (Å²) in [6.45, 7) is 5.91. The van der Waals surface area contributed by atoms with E-state index in [2.05, 4.69) is 5.32 Å². The quantitative estimate of drug-likeness (QED) is 0.462. The van der Waals surface area contributed by atoms with Gasteiger partial charge in [-0.25, -0.2) is 8.42 Å². The first-order chi connectivity index (χ1) is 16.1. The zero-order valence-electron chi connectivity index (χ0n) is 20.6. The highest BCUT2D eigenvalue weighted by Gasteiger charge is 2.30. The van der Waals surface area contributed by atoms with E-state index in [1.54, 1.807) is 31.2 Å². The Labute approximate surface area is 202 Å². The van der Waals surface area contributed by atoms with Crippen LogP contribution < -0.4 is 14.4 Å². The van der Waals surface area contributed by atoms with E-state index >= 15 is 0 Å². The van der Waals surface area contributed by atoms with Gasteiger partial charge in [0.1, 0.15) is 18.3 Å². The Hall–Kier alpha value is -3.07. The zero-order chi connectivity index (χ0) is 25.3. The molecule has 0 aliphatic rings. The lowest BCUT2D eigenvalue weighted by atomic mass is 10.1. The SMILES string of the molecule is CCCCNC(=O)C(C)N(Cc1ccc(C)cc1)C(=O)CN(c1cccc(OC)c1)S(C)(=O)=O. The number of aryl methyl sites for hydroxylation is 1. The summed E-state index contributed by atoms with van der Waals surface area (Å²) in [5.41, 5.74) is 2.23. The maximum Gasteiger partial charge on any atom is 0.244 e. The van der Waals surface area contributed by atoms with E-state index in [9.17, 15) is 18.0 Å². The highest BCUT2D eigenvalue weighted by molar-refractivity contribution is 7.92. The van der Waals surface area contributed by atoms with Gasteiger partial charge in [-0.05, 0) is 38.0 Å². The fourth-order valence-electron chi connectivity index (χ4n) is 3.39. The van der Waals surface area contributed by atoms with Crippen molar-refractivity contribution in [3.05, 3.63) is 59.7 Å². The lowest BCUT2D eigenvalue weighted by Gasteiger charge is -2.31. The number of benzene rings is 2. The fraction of sp³-hybridized carbons (Fsp3) is 0.440. The van der Waals surface area contributed by atoms with Crippen LogP contribution in [0.15, 0.2) is 48.5 Å². The van der Waals surface area contributed by atoms with Gasteiger partial charge >= 0.3 is 0 Å². The van der Waals surface area contributed by atoms with Crippen LogP contribution in [0.3, 0.4) is 0 Å². The molecule has 0 fully saturated rings. The number of unbranched alkanes of at least 4 members (excludes halogenated alkanes) is 1.